The molecule has 0 aromatic heterocycles. The van der Waals surface area contributed by atoms with Crippen molar-refractivity contribution in [3.8, 4) is 11.1 Å². The van der Waals surface area contributed by atoms with Crippen molar-refractivity contribution in [3.05, 3.63) is 63.7 Å². The molecule has 0 spiro atoms. The maximum Gasteiger partial charge on any atom is 0.308 e. The third kappa shape index (κ3) is 5.77. The van der Waals surface area contributed by atoms with Crippen LogP contribution in [-0.2, 0) is 16.9 Å². The molecule has 2 aromatic rings. The van der Waals surface area contributed by atoms with E-state index in [2.05, 4.69) is 4.72 Å². The van der Waals surface area contributed by atoms with E-state index in [-0.39, 0.29) is 17.8 Å². The van der Waals surface area contributed by atoms with Crippen LogP contribution in [0.2, 0.25) is 0 Å². The molecule has 2 aromatic carbocycles. The lowest BCUT2D eigenvalue weighted by atomic mass is 9.94. The lowest BCUT2D eigenvalue weighted by Crippen LogP contribution is -2.29. The Morgan fingerprint density at radius 2 is 1.86 bits per heavy atom. The summed E-state index contributed by atoms with van der Waals surface area (Å²) in [5, 5.41) is 20.5. The minimum absolute atomic E-state index is 0.142. The van der Waals surface area contributed by atoms with Crippen molar-refractivity contribution in [2.45, 2.75) is 38.1 Å². The monoisotopic (exact) mass is 406 g/mol. The molecular formula is C20H23FN2O4S. The van der Waals surface area contributed by atoms with E-state index in [0.29, 0.717) is 21.9 Å². The molecule has 0 saturated carbocycles. The topological polar surface area (TPSA) is 92.5 Å². The van der Waals surface area contributed by atoms with E-state index in [4.69, 9.17) is 5.11 Å². The van der Waals surface area contributed by atoms with Crippen LogP contribution in [0.3, 0.4) is 0 Å². The van der Waals surface area contributed by atoms with Crippen LogP contribution in [0.15, 0.2) is 42.5 Å². The van der Waals surface area contributed by atoms with Crippen molar-refractivity contribution in [1.29, 1.82) is 0 Å². The molecule has 0 aliphatic heterocycles. The van der Waals surface area contributed by atoms with Crippen LogP contribution in [0.4, 0.5) is 10.1 Å². The summed E-state index contributed by atoms with van der Waals surface area (Å²) in [4.78, 5) is 21.6. The van der Waals surface area contributed by atoms with Gasteiger partial charge in [0.2, 0.25) is 0 Å². The number of benzene rings is 2. The van der Waals surface area contributed by atoms with Crippen molar-refractivity contribution >= 4 is 23.6 Å². The maximum atomic E-state index is 14.9. The Balaban J connectivity index is 2.24. The molecule has 8 heteroatoms. The largest absolute Gasteiger partial charge is 0.481 e. The van der Waals surface area contributed by atoms with Crippen LogP contribution in [-0.4, -0.2) is 27.8 Å². The highest BCUT2D eigenvalue weighted by molar-refractivity contribution is 7.97. The van der Waals surface area contributed by atoms with Crippen LogP contribution in [0.25, 0.3) is 11.1 Å². The van der Waals surface area contributed by atoms with Gasteiger partial charge >= 0.3 is 5.97 Å². The molecule has 2 N–H and O–H groups in total. The Kier molecular flexibility index (Phi) is 7.15. The molecule has 1 atom stereocenters. The fraction of sp³-hybridized carbons (Fsp3) is 0.350. The highest BCUT2D eigenvalue weighted by Crippen LogP contribution is 2.31. The molecule has 0 radical (unpaired) electrons. The van der Waals surface area contributed by atoms with E-state index in [1.54, 1.807) is 30.3 Å². The lowest BCUT2D eigenvalue weighted by molar-refractivity contribution is -0.385. The smallest absolute Gasteiger partial charge is 0.308 e. The number of nitrogens with one attached hydrogen (secondary N) is 1. The zero-order valence-electron chi connectivity index (χ0n) is 15.9. The lowest BCUT2D eigenvalue weighted by Gasteiger charge is -2.22. The van der Waals surface area contributed by atoms with Gasteiger partial charge in [-0.25, -0.2) is 4.39 Å². The van der Waals surface area contributed by atoms with Crippen molar-refractivity contribution in [1.82, 2.24) is 4.72 Å². The minimum atomic E-state index is -1.56. The number of nitro groups is 1. The van der Waals surface area contributed by atoms with Crippen LogP contribution in [0, 0.1) is 10.1 Å². The van der Waals surface area contributed by atoms with Crippen LogP contribution in [0.5, 0.6) is 0 Å². The standard InChI is InChI=1S/C20H23FN2O4S/c1-13(2)28-22-12-20(3,21)17-8-6-14(7-9-17)15-4-5-16(11-19(24)25)18(10-15)23(26)27/h4-10,13,22H,11-12H2,1-3H3,(H,24,25). The van der Waals surface area contributed by atoms with Gasteiger partial charge < -0.3 is 5.11 Å². The normalized spacial score (nSPS) is 13.3. The number of aliphatic carboxylic acids is 1. The van der Waals surface area contributed by atoms with Gasteiger partial charge in [0.1, 0.15) is 5.67 Å². The summed E-state index contributed by atoms with van der Waals surface area (Å²) in [6.45, 7) is 5.69. The average molecular weight is 406 g/mol. The molecule has 0 saturated heterocycles. The summed E-state index contributed by atoms with van der Waals surface area (Å²) < 4.78 is 18.0. The highest BCUT2D eigenvalue weighted by atomic mass is 32.2. The Morgan fingerprint density at radius 1 is 1.25 bits per heavy atom. The number of hydrogen-bond donors (Lipinski definition) is 2. The number of hydrogen-bond acceptors (Lipinski definition) is 5. The Bertz CT molecular complexity index is 854. The number of alkyl halides is 1. The van der Waals surface area contributed by atoms with Gasteiger partial charge in [-0.1, -0.05) is 62.2 Å². The summed E-state index contributed by atoms with van der Waals surface area (Å²) in [5.41, 5.74) is 0.107. The van der Waals surface area contributed by atoms with Gasteiger partial charge in [0, 0.05) is 23.4 Å². The number of carboxylic acids is 1. The second-order valence-electron chi connectivity index (χ2n) is 6.93. The summed E-state index contributed by atoms with van der Waals surface area (Å²) in [7, 11) is 0. The molecule has 0 heterocycles. The first-order valence-electron chi connectivity index (χ1n) is 8.77. The Hall–Kier alpha value is -2.45. The molecule has 0 aliphatic rings. The number of carboxylic acid groups (broad SMARTS) is 1. The zero-order valence-corrected chi connectivity index (χ0v) is 16.8. The average Bonchev–Trinajstić information content (AvgIpc) is 2.61. The second kappa shape index (κ2) is 9.16. The molecule has 0 aliphatic carbocycles. The van der Waals surface area contributed by atoms with E-state index in [9.17, 15) is 19.3 Å². The second-order valence-corrected chi connectivity index (χ2v) is 8.40. The van der Waals surface area contributed by atoms with Crippen molar-refractivity contribution in [2.75, 3.05) is 6.54 Å². The van der Waals surface area contributed by atoms with Crippen LogP contribution < -0.4 is 4.72 Å². The maximum absolute atomic E-state index is 14.9. The molecule has 28 heavy (non-hydrogen) atoms. The quantitative estimate of drug-likeness (QED) is 0.356. The van der Waals surface area contributed by atoms with E-state index in [1.165, 1.54) is 31.0 Å². The van der Waals surface area contributed by atoms with Gasteiger partial charge in [0.25, 0.3) is 5.69 Å². The summed E-state index contributed by atoms with van der Waals surface area (Å²) in [5.74, 6) is -1.13. The van der Waals surface area contributed by atoms with Gasteiger partial charge in [-0.2, -0.15) is 0 Å². The number of nitro benzene ring substituents is 1. The molecule has 0 bridgehead atoms. The molecule has 0 fully saturated rings. The summed E-state index contributed by atoms with van der Waals surface area (Å²) >= 11 is 1.47. The molecular weight excluding hydrogens is 383 g/mol. The van der Waals surface area contributed by atoms with Gasteiger partial charge in [0.05, 0.1) is 11.3 Å². The predicted octanol–water partition coefficient (Wildman–Crippen LogP) is 4.72. The minimum Gasteiger partial charge on any atom is -0.481 e. The van der Waals surface area contributed by atoms with E-state index < -0.39 is 23.0 Å². The molecule has 6 nitrogen and oxygen atoms in total. The first-order chi connectivity index (χ1) is 13.1. The van der Waals surface area contributed by atoms with Gasteiger partial charge in [-0.05, 0) is 23.6 Å². The third-order valence-corrected chi connectivity index (χ3v) is 4.95. The predicted molar refractivity (Wildman–Crippen MR) is 109 cm³/mol. The van der Waals surface area contributed by atoms with Crippen molar-refractivity contribution < 1.29 is 19.2 Å². The van der Waals surface area contributed by atoms with Gasteiger partial charge in [-0.15, -0.1) is 0 Å². The molecule has 2 rings (SSSR count). The highest BCUT2D eigenvalue weighted by Gasteiger charge is 2.26. The van der Waals surface area contributed by atoms with Crippen molar-refractivity contribution in [2.24, 2.45) is 0 Å². The number of rotatable bonds is 9. The van der Waals surface area contributed by atoms with E-state index in [1.807, 2.05) is 13.8 Å². The van der Waals surface area contributed by atoms with Gasteiger partial charge in [0.15, 0.2) is 0 Å². The van der Waals surface area contributed by atoms with E-state index in [0.717, 1.165) is 0 Å². The molecule has 1 unspecified atom stereocenters. The van der Waals surface area contributed by atoms with Gasteiger partial charge in [-0.3, -0.25) is 19.6 Å². The summed E-state index contributed by atoms with van der Waals surface area (Å²) in [6, 6.07) is 11.2. The first kappa shape index (κ1) is 21.8. The number of carbonyl (C=O) groups is 1. The molecule has 0 amide bonds. The number of nitrogens with zero attached hydrogens (tertiary/aromatic N) is 1. The zero-order chi connectivity index (χ0) is 20.9. The van der Waals surface area contributed by atoms with Crippen molar-refractivity contribution in [3.63, 3.8) is 0 Å². The summed E-state index contributed by atoms with van der Waals surface area (Å²) in [6.07, 6.45) is -0.420. The third-order valence-electron chi connectivity index (χ3n) is 4.17. The van der Waals surface area contributed by atoms with Crippen LogP contribution in [0.1, 0.15) is 31.9 Å². The fourth-order valence-corrected chi connectivity index (χ4v) is 3.37. The first-order valence-corrected chi connectivity index (χ1v) is 9.65. The molecule has 150 valence electrons. The van der Waals surface area contributed by atoms with Crippen LogP contribution >= 0.6 is 11.9 Å². The Labute approximate surface area is 167 Å². The SMILES string of the molecule is CC(C)SNCC(C)(F)c1ccc(-c2ccc(CC(=O)O)c([N+](=O)[O-])c2)cc1. The Morgan fingerprint density at radius 3 is 2.39 bits per heavy atom. The fourth-order valence-electron chi connectivity index (χ4n) is 2.68. The number of halogens is 1. The van der Waals surface area contributed by atoms with E-state index >= 15 is 0 Å².